The second kappa shape index (κ2) is 6.25. The number of halogens is 2. The van der Waals surface area contributed by atoms with Crippen molar-refractivity contribution >= 4 is 46.4 Å². The highest BCUT2D eigenvalue weighted by Crippen LogP contribution is 2.39. The molecule has 0 fully saturated rings. The molecule has 2 aromatic rings. The van der Waals surface area contributed by atoms with Crippen molar-refractivity contribution in [2.75, 3.05) is 22.9 Å². The van der Waals surface area contributed by atoms with Gasteiger partial charge in [-0.05, 0) is 19.4 Å². The van der Waals surface area contributed by atoms with Gasteiger partial charge < -0.3 is 4.90 Å². The second-order valence-electron chi connectivity index (χ2n) is 4.98. The second-order valence-corrected chi connectivity index (χ2v) is 5.76. The van der Waals surface area contributed by atoms with Gasteiger partial charge in [-0.1, -0.05) is 30.1 Å². The van der Waals surface area contributed by atoms with Gasteiger partial charge in [-0.15, -0.1) is 20.4 Å². The third-order valence-corrected chi connectivity index (χ3v) is 3.88. The Bertz CT molecular complexity index is 769. The number of rotatable bonds is 3. The molecule has 0 bridgehead atoms. The van der Waals surface area contributed by atoms with E-state index in [-0.39, 0.29) is 16.2 Å². The number of amides is 1. The minimum Gasteiger partial charge on any atom is -0.321 e. The van der Waals surface area contributed by atoms with Crippen LogP contribution in [0, 0.1) is 0 Å². The maximum Gasteiger partial charge on any atom is 0.263 e. The molecule has 0 N–H and O–H groups in total. The predicted octanol–water partition coefficient (Wildman–Crippen LogP) is 3.10. The lowest BCUT2D eigenvalue weighted by Crippen LogP contribution is -2.32. The molecule has 0 spiro atoms. The van der Waals surface area contributed by atoms with Crippen LogP contribution in [0.3, 0.4) is 0 Å². The summed E-state index contributed by atoms with van der Waals surface area (Å²) in [6.45, 7) is 4.99. The van der Waals surface area contributed by atoms with Crippen molar-refractivity contribution in [2.45, 2.75) is 20.3 Å². The van der Waals surface area contributed by atoms with Crippen LogP contribution in [0.15, 0.2) is 12.1 Å². The molecule has 0 unspecified atom stereocenters. The van der Waals surface area contributed by atoms with E-state index < -0.39 is 0 Å². The van der Waals surface area contributed by atoms with E-state index in [2.05, 4.69) is 20.4 Å². The van der Waals surface area contributed by atoms with Crippen LogP contribution < -0.4 is 9.80 Å². The largest absolute Gasteiger partial charge is 0.321 e. The van der Waals surface area contributed by atoms with Crippen molar-refractivity contribution in [2.24, 2.45) is 0 Å². The molecule has 7 nitrogen and oxygen atoms in total. The van der Waals surface area contributed by atoms with E-state index in [1.165, 1.54) is 6.07 Å². The van der Waals surface area contributed by atoms with Crippen LogP contribution in [0.1, 0.15) is 30.6 Å². The average molecular weight is 353 g/mol. The third kappa shape index (κ3) is 2.70. The van der Waals surface area contributed by atoms with E-state index in [1.54, 1.807) is 11.0 Å². The Morgan fingerprint density at radius 1 is 0.957 bits per heavy atom. The molecule has 0 aliphatic carbocycles. The Labute approximate surface area is 143 Å². The number of aromatic nitrogens is 4. The van der Waals surface area contributed by atoms with Gasteiger partial charge in [0.25, 0.3) is 5.91 Å². The van der Waals surface area contributed by atoms with Crippen LogP contribution in [-0.2, 0) is 0 Å². The molecule has 23 heavy (non-hydrogen) atoms. The normalized spacial score (nSPS) is 13.7. The maximum absolute atomic E-state index is 13.0. The summed E-state index contributed by atoms with van der Waals surface area (Å²) in [5.41, 5.74) is 1.05. The van der Waals surface area contributed by atoms with Crippen LogP contribution in [-0.4, -0.2) is 39.4 Å². The molecule has 0 radical (unpaired) electrons. The molecule has 0 aromatic carbocycles. The smallest absolute Gasteiger partial charge is 0.263 e. The first-order valence-electron chi connectivity index (χ1n) is 7.22. The van der Waals surface area contributed by atoms with Gasteiger partial charge >= 0.3 is 0 Å². The molecule has 0 atom stereocenters. The molecule has 1 aliphatic rings. The molecular formula is C14H14Cl2N6O. The van der Waals surface area contributed by atoms with Gasteiger partial charge in [-0.3, -0.25) is 9.69 Å². The fourth-order valence-electron chi connectivity index (χ4n) is 2.57. The highest BCUT2D eigenvalue weighted by atomic mass is 35.5. The van der Waals surface area contributed by atoms with Crippen molar-refractivity contribution < 1.29 is 4.79 Å². The molecule has 3 heterocycles. The zero-order valence-electron chi connectivity index (χ0n) is 12.6. The standard InChI is InChI=1S/C14H14Cl2N6O/c1-3-5-22-13-9(7-11(16)18-20-13)21(4-2)12-8(14(22)23)6-10(15)17-19-12/h6-7H,3-5H2,1-2H3. The molecule has 0 saturated heterocycles. The molecule has 120 valence electrons. The van der Waals surface area contributed by atoms with Crippen molar-refractivity contribution in [1.29, 1.82) is 0 Å². The first kappa shape index (κ1) is 15.9. The van der Waals surface area contributed by atoms with E-state index in [1.807, 2.05) is 18.7 Å². The first-order valence-corrected chi connectivity index (χ1v) is 7.98. The van der Waals surface area contributed by atoms with E-state index in [0.717, 1.165) is 6.42 Å². The number of anilines is 3. The Kier molecular flexibility index (Phi) is 4.32. The monoisotopic (exact) mass is 352 g/mol. The van der Waals surface area contributed by atoms with E-state index in [9.17, 15) is 4.79 Å². The van der Waals surface area contributed by atoms with E-state index in [0.29, 0.717) is 36.0 Å². The van der Waals surface area contributed by atoms with E-state index in [4.69, 9.17) is 23.2 Å². The lowest BCUT2D eigenvalue weighted by Gasteiger charge is -2.23. The molecule has 9 heteroatoms. The van der Waals surface area contributed by atoms with Gasteiger partial charge in [0.2, 0.25) is 0 Å². The van der Waals surface area contributed by atoms with Gasteiger partial charge in [-0.25, -0.2) is 0 Å². The fourth-order valence-corrected chi connectivity index (χ4v) is 2.86. The zero-order valence-corrected chi connectivity index (χ0v) is 14.1. The van der Waals surface area contributed by atoms with Crippen molar-refractivity contribution in [3.05, 3.63) is 28.0 Å². The number of nitrogens with zero attached hydrogens (tertiary/aromatic N) is 6. The van der Waals surface area contributed by atoms with Gasteiger partial charge in [-0.2, -0.15) is 0 Å². The van der Waals surface area contributed by atoms with Crippen LogP contribution in [0.4, 0.5) is 17.3 Å². The van der Waals surface area contributed by atoms with Crippen molar-refractivity contribution in [3.8, 4) is 0 Å². The minimum atomic E-state index is -0.229. The molecular weight excluding hydrogens is 339 g/mol. The molecule has 1 amide bonds. The lowest BCUT2D eigenvalue weighted by atomic mass is 10.2. The number of hydrogen-bond acceptors (Lipinski definition) is 6. The number of fused-ring (bicyclic) bond motifs is 2. The number of carbonyl (C=O) groups excluding carboxylic acids is 1. The zero-order chi connectivity index (χ0) is 16.6. The van der Waals surface area contributed by atoms with Crippen LogP contribution in [0.5, 0.6) is 0 Å². The van der Waals surface area contributed by atoms with Crippen molar-refractivity contribution in [3.63, 3.8) is 0 Å². The summed E-state index contributed by atoms with van der Waals surface area (Å²) in [5, 5.41) is 16.4. The SMILES string of the molecule is CCCN1C(=O)c2cc(Cl)nnc2N(CC)c2cc(Cl)nnc21. The fraction of sp³-hybridized carbons (Fsp3) is 0.357. The van der Waals surface area contributed by atoms with E-state index >= 15 is 0 Å². The Balaban J connectivity index is 2.30. The van der Waals surface area contributed by atoms with Gasteiger partial charge in [0, 0.05) is 19.2 Å². The highest BCUT2D eigenvalue weighted by Gasteiger charge is 2.33. The maximum atomic E-state index is 13.0. The topological polar surface area (TPSA) is 75.1 Å². The van der Waals surface area contributed by atoms with Gasteiger partial charge in [0.05, 0.1) is 11.3 Å². The number of hydrogen-bond donors (Lipinski definition) is 0. The molecule has 3 rings (SSSR count). The summed E-state index contributed by atoms with van der Waals surface area (Å²) < 4.78 is 0. The summed E-state index contributed by atoms with van der Waals surface area (Å²) >= 11 is 11.9. The van der Waals surface area contributed by atoms with Gasteiger partial charge in [0.15, 0.2) is 21.9 Å². The molecule has 2 aromatic heterocycles. The van der Waals surface area contributed by atoms with Crippen LogP contribution in [0.25, 0.3) is 0 Å². The lowest BCUT2D eigenvalue weighted by molar-refractivity contribution is 0.0987. The molecule has 1 aliphatic heterocycles. The summed E-state index contributed by atoms with van der Waals surface area (Å²) in [5.74, 6) is 0.663. The quantitative estimate of drug-likeness (QED) is 0.844. The Hall–Kier alpha value is -1.99. The van der Waals surface area contributed by atoms with Crippen LogP contribution >= 0.6 is 23.2 Å². The Morgan fingerprint density at radius 3 is 2.26 bits per heavy atom. The summed E-state index contributed by atoms with van der Waals surface area (Å²) in [4.78, 5) is 16.4. The summed E-state index contributed by atoms with van der Waals surface area (Å²) in [6.07, 6.45) is 0.767. The third-order valence-electron chi connectivity index (χ3n) is 3.51. The molecule has 0 saturated carbocycles. The minimum absolute atomic E-state index is 0.166. The number of carbonyl (C=O) groups is 1. The van der Waals surface area contributed by atoms with Crippen molar-refractivity contribution in [1.82, 2.24) is 20.4 Å². The first-order chi connectivity index (χ1) is 11.1. The predicted molar refractivity (Wildman–Crippen MR) is 88.7 cm³/mol. The van der Waals surface area contributed by atoms with Crippen LogP contribution in [0.2, 0.25) is 10.3 Å². The van der Waals surface area contributed by atoms with Gasteiger partial charge in [0.1, 0.15) is 0 Å². The average Bonchev–Trinajstić information content (AvgIpc) is 2.62. The highest BCUT2D eigenvalue weighted by molar-refractivity contribution is 6.30. The summed E-state index contributed by atoms with van der Waals surface area (Å²) in [7, 11) is 0. The Morgan fingerprint density at radius 2 is 1.61 bits per heavy atom. The summed E-state index contributed by atoms with van der Waals surface area (Å²) in [6, 6.07) is 3.20.